The van der Waals surface area contributed by atoms with E-state index >= 15 is 4.39 Å². The third-order valence-corrected chi connectivity index (χ3v) is 8.00. The summed E-state index contributed by atoms with van der Waals surface area (Å²) in [5.74, 6) is -0.616. The van der Waals surface area contributed by atoms with Crippen LogP contribution in [-0.2, 0) is 10.2 Å². The van der Waals surface area contributed by atoms with Gasteiger partial charge in [-0.3, -0.25) is 9.59 Å². The first-order valence-corrected chi connectivity index (χ1v) is 13.9. The number of halogens is 4. The standard InChI is InChI=1S/C32H31Cl2F2N3O3/c1-6-32(18-13-19(33)15-20(35)14-18)25(16-31(2,3)4)39-28(26(32)21-8-7-9-22(34)27(21)36)30(41)38-23-11-10-17(29(37)40)12-24(23)42-5/h1,7-15,25-26,28,39H,16H2,2-5H3,(H2,37,40)(H,38,41). The molecule has 4 rings (SSSR count). The van der Waals surface area contributed by atoms with Gasteiger partial charge in [-0.05, 0) is 65.4 Å². The van der Waals surface area contributed by atoms with E-state index in [1.807, 2.05) is 20.8 Å². The Morgan fingerprint density at radius 1 is 1.14 bits per heavy atom. The first kappa shape index (κ1) is 31.3. The number of hydrogen-bond acceptors (Lipinski definition) is 4. The molecule has 4 unspecified atom stereocenters. The summed E-state index contributed by atoms with van der Waals surface area (Å²) in [6.07, 6.45) is 6.76. The Morgan fingerprint density at radius 3 is 2.45 bits per heavy atom. The third-order valence-electron chi connectivity index (χ3n) is 7.49. The van der Waals surface area contributed by atoms with Gasteiger partial charge in [-0.25, -0.2) is 8.78 Å². The lowest BCUT2D eigenvalue weighted by atomic mass is 9.62. The highest BCUT2D eigenvalue weighted by Crippen LogP contribution is 2.52. The van der Waals surface area contributed by atoms with Crippen LogP contribution in [0.1, 0.15) is 54.6 Å². The molecule has 0 aromatic heterocycles. The highest BCUT2D eigenvalue weighted by atomic mass is 35.5. The molecule has 10 heteroatoms. The molecule has 42 heavy (non-hydrogen) atoms. The minimum absolute atomic E-state index is 0.0842. The van der Waals surface area contributed by atoms with Crippen LogP contribution in [0, 0.1) is 29.4 Å². The average Bonchev–Trinajstić information content (AvgIpc) is 3.23. The number of terminal acetylenes is 1. The molecule has 1 heterocycles. The fraction of sp³-hybridized carbons (Fsp3) is 0.312. The SMILES string of the molecule is C#CC1(c2cc(F)cc(Cl)c2)C(CC(C)(C)C)NC(C(=O)Nc2ccc(C(N)=O)cc2OC)C1c1cccc(Cl)c1F. The van der Waals surface area contributed by atoms with Gasteiger partial charge in [-0.2, -0.15) is 0 Å². The molecule has 0 saturated carbocycles. The zero-order valence-corrected chi connectivity index (χ0v) is 25.0. The molecule has 4 atom stereocenters. The van der Waals surface area contributed by atoms with Gasteiger partial charge in [0.2, 0.25) is 11.8 Å². The molecule has 6 nitrogen and oxygen atoms in total. The van der Waals surface area contributed by atoms with E-state index in [0.717, 1.165) is 6.07 Å². The van der Waals surface area contributed by atoms with E-state index in [1.54, 1.807) is 12.1 Å². The van der Waals surface area contributed by atoms with Crippen molar-refractivity contribution in [2.75, 3.05) is 12.4 Å². The number of amides is 2. The van der Waals surface area contributed by atoms with E-state index in [1.165, 1.54) is 43.5 Å². The van der Waals surface area contributed by atoms with Crippen LogP contribution in [0.5, 0.6) is 5.75 Å². The summed E-state index contributed by atoms with van der Waals surface area (Å²) in [7, 11) is 1.38. The highest BCUT2D eigenvalue weighted by molar-refractivity contribution is 6.31. The quantitative estimate of drug-likeness (QED) is 0.267. The molecular weight excluding hydrogens is 583 g/mol. The van der Waals surface area contributed by atoms with E-state index < -0.39 is 46.9 Å². The molecule has 1 aliphatic heterocycles. The van der Waals surface area contributed by atoms with Crippen molar-refractivity contribution in [1.82, 2.24) is 5.32 Å². The number of benzene rings is 3. The minimum Gasteiger partial charge on any atom is -0.495 e. The van der Waals surface area contributed by atoms with E-state index in [-0.39, 0.29) is 38.0 Å². The number of rotatable bonds is 7. The lowest BCUT2D eigenvalue weighted by Crippen LogP contribution is -2.44. The topological polar surface area (TPSA) is 93.5 Å². The lowest BCUT2D eigenvalue weighted by Gasteiger charge is -2.39. The fourth-order valence-corrected chi connectivity index (χ4v) is 6.18. The fourth-order valence-electron chi connectivity index (χ4n) is 5.77. The molecule has 220 valence electrons. The van der Waals surface area contributed by atoms with Crippen LogP contribution < -0.4 is 21.1 Å². The highest BCUT2D eigenvalue weighted by Gasteiger charge is 2.59. The van der Waals surface area contributed by atoms with Gasteiger partial charge in [0.15, 0.2) is 0 Å². The first-order chi connectivity index (χ1) is 19.7. The number of anilines is 1. The predicted molar refractivity (Wildman–Crippen MR) is 161 cm³/mol. The molecule has 0 radical (unpaired) electrons. The van der Waals surface area contributed by atoms with Crippen molar-refractivity contribution < 1.29 is 23.1 Å². The van der Waals surface area contributed by atoms with E-state index in [2.05, 4.69) is 16.6 Å². The maximum absolute atomic E-state index is 15.9. The Bertz CT molecular complexity index is 1560. The monoisotopic (exact) mass is 613 g/mol. The van der Waals surface area contributed by atoms with Gasteiger partial charge in [-0.15, -0.1) is 6.42 Å². The van der Waals surface area contributed by atoms with Crippen LogP contribution in [-0.4, -0.2) is 31.0 Å². The average molecular weight is 615 g/mol. The van der Waals surface area contributed by atoms with E-state index in [9.17, 15) is 14.0 Å². The lowest BCUT2D eigenvalue weighted by molar-refractivity contribution is -0.118. The zero-order chi connectivity index (χ0) is 31.0. The summed E-state index contributed by atoms with van der Waals surface area (Å²) in [6.45, 7) is 6.01. The van der Waals surface area contributed by atoms with Crippen molar-refractivity contribution in [3.8, 4) is 18.1 Å². The second-order valence-electron chi connectivity index (χ2n) is 11.5. The van der Waals surface area contributed by atoms with Gasteiger partial charge < -0.3 is 21.1 Å². The van der Waals surface area contributed by atoms with Crippen molar-refractivity contribution in [1.29, 1.82) is 0 Å². The number of primary amides is 1. The van der Waals surface area contributed by atoms with Crippen LogP contribution in [0.25, 0.3) is 0 Å². The number of nitrogens with one attached hydrogen (secondary N) is 2. The Balaban J connectivity index is 1.94. The Kier molecular flexibility index (Phi) is 8.89. The van der Waals surface area contributed by atoms with Gasteiger partial charge in [0, 0.05) is 22.5 Å². The second kappa shape index (κ2) is 11.9. The Hall–Kier alpha value is -3.64. The predicted octanol–water partition coefficient (Wildman–Crippen LogP) is 6.45. The summed E-state index contributed by atoms with van der Waals surface area (Å²) in [6, 6.07) is 11.0. The third kappa shape index (κ3) is 5.96. The molecule has 3 aromatic carbocycles. The first-order valence-electron chi connectivity index (χ1n) is 13.1. The van der Waals surface area contributed by atoms with Gasteiger partial charge in [0.05, 0.1) is 29.3 Å². The van der Waals surface area contributed by atoms with Crippen LogP contribution in [0.2, 0.25) is 10.0 Å². The molecule has 2 amide bonds. The van der Waals surface area contributed by atoms with Gasteiger partial charge in [-0.1, -0.05) is 62.0 Å². The minimum atomic E-state index is -1.44. The molecule has 3 aromatic rings. The number of nitrogens with two attached hydrogens (primary N) is 1. The normalized spacial score (nSPS) is 21.9. The summed E-state index contributed by atoms with van der Waals surface area (Å²) < 4.78 is 36.1. The largest absolute Gasteiger partial charge is 0.495 e. The Labute approximate surface area is 253 Å². The van der Waals surface area contributed by atoms with Crippen LogP contribution in [0.3, 0.4) is 0 Å². The van der Waals surface area contributed by atoms with Crippen molar-refractivity contribution in [2.45, 2.75) is 50.6 Å². The van der Waals surface area contributed by atoms with E-state index in [0.29, 0.717) is 12.0 Å². The maximum atomic E-state index is 15.9. The van der Waals surface area contributed by atoms with Crippen molar-refractivity contribution in [2.24, 2.45) is 11.1 Å². The van der Waals surface area contributed by atoms with Crippen LogP contribution >= 0.6 is 23.2 Å². The number of methoxy groups -OCH3 is 1. The number of hydrogen-bond donors (Lipinski definition) is 3. The second-order valence-corrected chi connectivity index (χ2v) is 12.4. The van der Waals surface area contributed by atoms with Crippen LogP contribution in [0.15, 0.2) is 54.6 Å². The van der Waals surface area contributed by atoms with Gasteiger partial charge in [0.25, 0.3) is 0 Å². The number of ether oxygens (including phenoxy) is 1. The summed E-state index contributed by atoms with van der Waals surface area (Å²) in [4.78, 5) is 25.8. The smallest absolute Gasteiger partial charge is 0.248 e. The van der Waals surface area contributed by atoms with E-state index in [4.69, 9.17) is 40.1 Å². The molecular formula is C32H31Cl2F2N3O3. The number of carbonyl (C=O) groups excluding carboxylic acids is 2. The molecule has 0 bridgehead atoms. The van der Waals surface area contributed by atoms with Crippen molar-refractivity contribution in [3.63, 3.8) is 0 Å². The van der Waals surface area contributed by atoms with Gasteiger partial charge in [0.1, 0.15) is 17.4 Å². The van der Waals surface area contributed by atoms with Crippen molar-refractivity contribution in [3.05, 3.63) is 93.0 Å². The molecule has 4 N–H and O–H groups in total. The van der Waals surface area contributed by atoms with Crippen LogP contribution in [0.4, 0.5) is 14.5 Å². The zero-order valence-electron chi connectivity index (χ0n) is 23.5. The molecule has 1 aliphatic rings. The van der Waals surface area contributed by atoms with Gasteiger partial charge >= 0.3 is 0 Å². The summed E-state index contributed by atoms with van der Waals surface area (Å²) >= 11 is 12.5. The molecule has 0 spiro atoms. The molecule has 1 fully saturated rings. The summed E-state index contributed by atoms with van der Waals surface area (Å²) in [5.41, 5.74) is 4.48. The molecule has 0 aliphatic carbocycles. The number of carbonyl (C=O) groups is 2. The Morgan fingerprint density at radius 2 is 1.86 bits per heavy atom. The summed E-state index contributed by atoms with van der Waals surface area (Å²) in [5, 5.41) is 6.13. The van der Waals surface area contributed by atoms with Crippen molar-refractivity contribution >= 4 is 40.7 Å². The maximum Gasteiger partial charge on any atom is 0.248 e. The molecule has 1 saturated heterocycles.